The van der Waals surface area contributed by atoms with Crippen LogP contribution in [0.5, 0.6) is 0 Å². The first-order valence-electron chi connectivity index (χ1n) is 10.0. The first-order valence-corrected chi connectivity index (χ1v) is 11.0. The number of carbonyl (C=O) groups is 1. The fourth-order valence-electron chi connectivity index (χ4n) is 3.63. The van der Waals surface area contributed by atoms with E-state index in [0.29, 0.717) is 11.7 Å². The lowest BCUT2D eigenvalue weighted by molar-refractivity contribution is -0.127. The van der Waals surface area contributed by atoms with Gasteiger partial charge in [-0.1, -0.05) is 43.8 Å². The average Bonchev–Trinajstić information content (AvgIpc) is 3.43. The van der Waals surface area contributed by atoms with Gasteiger partial charge in [0.25, 0.3) is 0 Å². The summed E-state index contributed by atoms with van der Waals surface area (Å²) in [6.07, 6.45) is 5.73. The molecule has 4 rings (SSSR count). The normalized spacial score (nSPS) is 14.0. The zero-order valence-electron chi connectivity index (χ0n) is 16.8. The van der Waals surface area contributed by atoms with Crippen LogP contribution in [0, 0.1) is 0 Å². The van der Waals surface area contributed by atoms with Gasteiger partial charge in [-0.05, 0) is 42.5 Å². The third-order valence-electron chi connectivity index (χ3n) is 5.14. The van der Waals surface area contributed by atoms with Gasteiger partial charge in [0.1, 0.15) is 0 Å². The van der Waals surface area contributed by atoms with Crippen LogP contribution >= 0.6 is 11.8 Å². The summed E-state index contributed by atoms with van der Waals surface area (Å²) in [5, 5.41) is 9.64. The summed E-state index contributed by atoms with van der Waals surface area (Å²) >= 11 is 1.45. The van der Waals surface area contributed by atoms with E-state index in [2.05, 4.69) is 51.8 Å². The SMILES string of the molecule is CC(C)c1ccccc1-n1c(SCC(=O)N2CCCC2)nnc1-c1cccnc1. The van der Waals surface area contributed by atoms with E-state index < -0.39 is 0 Å². The van der Waals surface area contributed by atoms with E-state index in [4.69, 9.17) is 0 Å². The van der Waals surface area contributed by atoms with Crippen LogP contribution in [0.4, 0.5) is 0 Å². The molecule has 3 heterocycles. The highest BCUT2D eigenvalue weighted by Crippen LogP contribution is 2.32. The molecule has 7 heteroatoms. The summed E-state index contributed by atoms with van der Waals surface area (Å²) in [5.74, 6) is 1.62. The zero-order chi connectivity index (χ0) is 20.2. The standard InChI is InChI=1S/C22H25N5OS/c1-16(2)18-9-3-4-10-19(18)27-21(17-8-7-11-23-14-17)24-25-22(27)29-15-20(28)26-12-5-6-13-26/h3-4,7-11,14,16H,5-6,12-13,15H2,1-2H3. The van der Waals surface area contributed by atoms with Crippen molar-refractivity contribution >= 4 is 17.7 Å². The minimum atomic E-state index is 0.169. The number of benzene rings is 1. The van der Waals surface area contributed by atoms with Gasteiger partial charge in [0.05, 0.1) is 11.4 Å². The minimum absolute atomic E-state index is 0.169. The Hall–Kier alpha value is -2.67. The quantitative estimate of drug-likeness (QED) is 0.574. The number of aromatic nitrogens is 4. The van der Waals surface area contributed by atoms with Crippen molar-refractivity contribution in [3.63, 3.8) is 0 Å². The smallest absolute Gasteiger partial charge is 0.233 e. The van der Waals surface area contributed by atoms with Crippen molar-refractivity contribution in [3.8, 4) is 17.1 Å². The Bertz CT molecular complexity index is 980. The van der Waals surface area contributed by atoms with Crippen molar-refractivity contribution in [2.24, 2.45) is 0 Å². The van der Waals surface area contributed by atoms with Crippen LogP contribution in [0.25, 0.3) is 17.1 Å². The van der Waals surface area contributed by atoms with Gasteiger partial charge in [0.15, 0.2) is 11.0 Å². The largest absolute Gasteiger partial charge is 0.342 e. The lowest BCUT2D eigenvalue weighted by Crippen LogP contribution is -2.29. The number of rotatable bonds is 6. The molecule has 1 fully saturated rings. The second kappa shape index (κ2) is 8.78. The molecule has 150 valence electrons. The molecule has 6 nitrogen and oxygen atoms in total. The maximum Gasteiger partial charge on any atom is 0.233 e. The maximum absolute atomic E-state index is 12.6. The van der Waals surface area contributed by atoms with Crippen molar-refractivity contribution < 1.29 is 4.79 Å². The monoisotopic (exact) mass is 407 g/mol. The molecule has 1 saturated heterocycles. The molecule has 3 aromatic rings. The Labute approximate surface area is 175 Å². The van der Waals surface area contributed by atoms with E-state index in [1.807, 2.05) is 23.1 Å². The number of amides is 1. The van der Waals surface area contributed by atoms with Gasteiger partial charge in [-0.3, -0.25) is 14.3 Å². The summed E-state index contributed by atoms with van der Waals surface area (Å²) in [6, 6.07) is 12.2. The van der Waals surface area contributed by atoms with Gasteiger partial charge in [-0.2, -0.15) is 0 Å². The Kier molecular flexibility index (Phi) is 5.94. The number of thioether (sulfide) groups is 1. The third kappa shape index (κ3) is 4.19. The van der Waals surface area contributed by atoms with Crippen LogP contribution in [0.15, 0.2) is 53.9 Å². The lowest BCUT2D eigenvalue weighted by Gasteiger charge is -2.17. The first-order chi connectivity index (χ1) is 14.1. The fourth-order valence-corrected chi connectivity index (χ4v) is 4.47. The lowest BCUT2D eigenvalue weighted by atomic mass is 10.0. The molecule has 0 unspecified atom stereocenters. The second-order valence-corrected chi connectivity index (χ2v) is 8.42. The summed E-state index contributed by atoms with van der Waals surface area (Å²) in [6.45, 7) is 6.08. The number of carbonyl (C=O) groups excluding carboxylic acids is 1. The number of para-hydroxylation sites is 1. The van der Waals surface area contributed by atoms with E-state index in [9.17, 15) is 4.79 Å². The van der Waals surface area contributed by atoms with Crippen molar-refractivity contribution in [3.05, 3.63) is 54.4 Å². The Morgan fingerprint density at radius 1 is 1.10 bits per heavy atom. The van der Waals surface area contributed by atoms with Crippen LogP contribution < -0.4 is 0 Å². The van der Waals surface area contributed by atoms with E-state index in [1.165, 1.54) is 17.3 Å². The maximum atomic E-state index is 12.6. The van der Waals surface area contributed by atoms with E-state index in [1.54, 1.807) is 12.4 Å². The molecule has 0 atom stereocenters. The zero-order valence-corrected chi connectivity index (χ0v) is 17.6. The molecule has 0 saturated carbocycles. The number of hydrogen-bond donors (Lipinski definition) is 0. The minimum Gasteiger partial charge on any atom is -0.342 e. The van der Waals surface area contributed by atoms with Crippen molar-refractivity contribution in [2.75, 3.05) is 18.8 Å². The molecule has 0 bridgehead atoms. The summed E-state index contributed by atoms with van der Waals surface area (Å²) < 4.78 is 2.06. The molecule has 1 amide bonds. The molecule has 0 aliphatic carbocycles. The molecule has 29 heavy (non-hydrogen) atoms. The number of pyridine rings is 1. The molecule has 0 spiro atoms. The molecule has 2 aromatic heterocycles. The Morgan fingerprint density at radius 3 is 2.62 bits per heavy atom. The number of nitrogens with zero attached hydrogens (tertiary/aromatic N) is 5. The first kappa shape index (κ1) is 19.6. The number of hydrogen-bond acceptors (Lipinski definition) is 5. The van der Waals surface area contributed by atoms with Gasteiger partial charge in [-0.15, -0.1) is 10.2 Å². The van der Waals surface area contributed by atoms with E-state index >= 15 is 0 Å². The highest BCUT2D eigenvalue weighted by molar-refractivity contribution is 7.99. The second-order valence-electron chi connectivity index (χ2n) is 7.47. The molecular formula is C22H25N5OS. The topological polar surface area (TPSA) is 63.9 Å². The predicted molar refractivity (Wildman–Crippen MR) is 115 cm³/mol. The molecule has 1 aliphatic heterocycles. The molecular weight excluding hydrogens is 382 g/mol. The summed E-state index contributed by atoms with van der Waals surface area (Å²) in [5.41, 5.74) is 3.16. The molecule has 1 aromatic carbocycles. The molecule has 1 aliphatic rings. The Balaban J connectivity index is 1.72. The predicted octanol–water partition coefficient (Wildman–Crippen LogP) is 4.17. The van der Waals surface area contributed by atoms with Crippen molar-refractivity contribution in [2.45, 2.75) is 37.8 Å². The van der Waals surface area contributed by atoms with Crippen LogP contribution in [-0.2, 0) is 4.79 Å². The fraction of sp³-hybridized carbons (Fsp3) is 0.364. The van der Waals surface area contributed by atoms with E-state index in [0.717, 1.165) is 48.2 Å². The molecule has 0 radical (unpaired) electrons. The van der Waals surface area contributed by atoms with Crippen molar-refractivity contribution in [1.82, 2.24) is 24.6 Å². The average molecular weight is 408 g/mol. The number of likely N-dealkylation sites (tertiary alicyclic amines) is 1. The molecule has 0 N–H and O–H groups in total. The summed E-state index contributed by atoms with van der Waals surface area (Å²) in [7, 11) is 0. The van der Waals surface area contributed by atoms with Crippen LogP contribution in [-0.4, -0.2) is 49.4 Å². The van der Waals surface area contributed by atoms with Gasteiger partial charge in [0.2, 0.25) is 5.91 Å². The van der Waals surface area contributed by atoms with E-state index in [-0.39, 0.29) is 5.91 Å². The summed E-state index contributed by atoms with van der Waals surface area (Å²) in [4.78, 5) is 18.7. The van der Waals surface area contributed by atoms with Gasteiger partial charge >= 0.3 is 0 Å². The van der Waals surface area contributed by atoms with Gasteiger partial charge in [0, 0.05) is 31.0 Å². The van der Waals surface area contributed by atoms with Crippen LogP contribution in [0.3, 0.4) is 0 Å². The van der Waals surface area contributed by atoms with Crippen LogP contribution in [0.1, 0.15) is 38.2 Å². The van der Waals surface area contributed by atoms with Crippen LogP contribution in [0.2, 0.25) is 0 Å². The van der Waals surface area contributed by atoms with Crippen molar-refractivity contribution in [1.29, 1.82) is 0 Å². The van der Waals surface area contributed by atoms with Gasteiger partial charge < -0.3 is 4.90 Å². The van der Waals surface area contributed by atoms with Gasteiger partial charge in [-0.25, -0.2) is 0 Å². The highest BCUT2D eigenvalue weighted by atomic mass is 32.2. The highest BCUT2D eigenvalue weighted by Gasteiger charge is 2.22. The Morgan fingerprint density at radius 2 is 1.90 bits per heavy atom. The third-order valence-corrected chi connectivity index (χ3v) is 6.05.